The van der Waals surface area contributed by atoms with Crippen LogP contribution in [0.3, 0.4) is 0 Å². The molecule has 1 fully saturated rings. The van der Waals surface area contributed by atoms with Crippen LogP contribution in [0.15, 0.2) is 48.5 Å². The molecule has 94 valence electrons. The van der Waals surface area contributed by atoms with Crippen molar-refractivity contribution in [3.05, 3.63) is 59.7 Å². The standard InChI is InChI=1S/C16H14N2O/c17-11-12-4-6-14(7-5-12)19-15-3-1-2-13(10-15)16(18)8-9-16/h1-7,10H,8-9,18H2. The Morgan fingerprint density at radius 1 is 1.05 bits per heavy atom. The van der Waals surface area contributed by atoms with Crippen molar-refractivity contribution in [1.82, 2.24) is 0 Å². The molecule has 0 unspecified atom stereocenters. The van der Waals surface area contributed by atoms with Gasteiger partial charge in [-0.05, 0) is 54.8 Å². The van der Waals surface area contributed by atoms with Gasteiger partial charge in [0.2, 0.25) is 0 Å². The van der Waals surface area contributed by atoms with Gasteiger partial charge < -0.3 is 10.5 Å². The fraction of sp³-hybridized carbons (Fsp3) is 0.188. The molecule has 2 aromatic rings. The van der Waals surface area contributed by atoms with E-state index in [0.717, 1.165) is 29.9 Å². The van der Waals surface area contributed by atoms with Crippen molar-refractivity contribution in [2.45, 2.75) is 18.4 Å². The minimum absolute atomic E-state index is 0.149. The second kappa shape index (κ2) is 4.42. The maximum Gasteiger partial charge on any atom is 0.127 e. The van der Waals surface area contributed by atoms with Gasteiger partial charge in [0.25, 0.3) is 0 Å². The van der Waals surface area contributed by atoms with Gasteiger partial charge in [-0.25, -0.2) is 0 Å². The summed E-state index contributed by atoms with van der Waals surface area (Å²) in [6.45, 7) is 0. The molecule has 19 heavy (non-hydrogen) atoms. The predicted octanol–water partition coefficient (Wildman–Crippen LogP) is 3.30. The van der Waals surface area contributed by atoms with E-state index in [9.17, 15) is 0 Å². The van der Waals surface area contributed by atoms with E-state index < -0.39 is 0 Å². The van der Waals surface area contributed by atoms with Gasteiger partial charge in [0, 0.05) is 5.54 Å². The summed E-state index contributed by atoms with van der Waals surface area (Å²) in [5, 5.41) is 8.75. The number of hydrogen-bond donors (Lipinski definition) is 1. The van der Waals surface area contributed by atoms with Crippen LogP contribution in [0.2, 0.25) is 0 Å². The molecule has 0 aromatic heterocycles. The molecule has 0 saturated heterocycles. The number of benzene rings is 2. The zero-order valence-corrected chi connectivity index (χ0v) is 10.5. The van der Waals surface area contributed by atoms with Crippen molar-refractivity contribution in [1.29, 1.82) is 5.26 Å². The molecule has 0 amide bonds. The first-order valence-corrected chi connectivity index (χ1v) is 6.27. The van der Waals surface area contributed by atoms with E-state index in [1.54, 1.807) is 24.3 Å². The average Bonchev–Trinajstić information content (AvgIpc) is 3.19. The third-order valence-electron chi connectivity index (χ3n) is 3.42. The van der Waals surface area contributed by atoms with Gasteiger partial charge in [0.15, 0.2) is 0 Å². The molecule has 2 aromatic carbocycles. The second-order valence-corrected chi connectivity index (χ2v) is 4.92. The normalized spacial score (nSPS) is 15.6. The lowest BCUT2D eigenvalue weighted by molar-refractivity contribution is 0.481. The highest BCUT2D eigenvalue weighted by atomic mass is 16.5. The Bertz CT molecular complexity index is 637. The van der Waals surface area contributed by atoms with Crippen molar-refractivity contribution in [3.63, 3.8) is 0 Å². The Labute approximate surface area is 112 Å². The summed E-state index contributed by atoms with van der Waals surface area (Å²) in [6.07, 6.45) is 2.07. The summed E-state index contributed by atoms with van der Waals surface area (Å²) >= 11 is 0. The lowest BCUT2D eigenvalue weighted by Gasteiger charge is -2.11. The highest BCUT2D eigenvalue weighted by Crippen LogP contribution is 2.43. The van der Waals surface area contributed by atoms with Crippen LogP contribution in [0.25, 0.3) is 0 Å². The van der Waals surface area contributed by atoms with Crippen LogP contribution in [-0.4, -0.2) is 0 Å². The zero-order chi connectivity index (χ0) is 13.3. The monoisotopic (exact) mass is 250 g/mol. The first-order valence-electron chi connectivity index (χ1n) is 6.27. The minimum Gasteiger partial charge on any atom is -0.457 e. The first-order chi connectivity index (χ1) is 9.19. The summed E-state index contributed by atoms with van der Waals surface area (Å²) in [5.41, 5.74) is 7.78. The Kier molecular flexibility index (Phi) is 2.73. The third-order valence-corrected chi connectivity index (χ3v) is 3.42. The largest absolute Gasteiger partial charge is 0.457 e. The van der Waals surface area contributed by atoms with Crippen LogP contribution in [0.4, 0.5) is 0 Å². The smallest absolute Gasteiger partial charge is 0.127 e. The van der Waals surface area contributed by atoms with E-state index in [2.05, 4.69) is 6.07 Å². The topological polar surface area (TPSA) is 59.0 Å². The molecular formula is C16H14N2O. The van der Waals surface area contributed by atoms with Crippen LogP contribution in [0.5, 0.6) is 11.5 Å². The van der Waals surface area contributed by atoms with Crippen molar-refractivity contribution in [2.75, 3.05) is 0 Å². The van der Waals surface area contributed by atoms with E-state index in [0.29, 0.717) is 5.56 Å². The lowest BCUT2D eigenvalue weighted by atomic mass is 10.1. The molecule has 3 rings (SSSR count). The number of rotatable bonds is 3. The molecule has 1 aliphatic carbocycles. The van der Waals surface area contributed by atoms with Crippen molar-refractivity contribution < 1.29 is 4.74 Å². The van der Waals surface area contributed by atoms with Crippen molar-refractivity contribution >= 4 is 0 Å². The van der Waals surface area contributed by atoms with E-state index in [4.69, 9.17) is 15.7 Å². The quantitative estimate of drug-likeness (QED) is 0.909. The van der Waals surface area contributed by atoms with Crippen molar-refractivity contribution in [2.24, 2.45) is 5.73 Å². The Morgan fingerprint density at radius 3 is 2.42 bits per heavy atom. The fourth-order valence-corrected chi connectivity index (χ4v) is 2.03. The summed E-state index contributed by atoms with van der Waals surface area (Å²) in [6, 6.07) is 17.1. The summed E-state index contributed by atoms with van der Waals surface area (Å²) in [5.74, 6) is 1.50. The Hall–Kier alpha value is -2.31. The second-order valence-electron chi connectivity index (χ2n) is 4.92. The number of nitriles is 1. The summed E-state index contributed by atoms with van der Waals surface area (Å²) in [7, 11) is 0. The summed E-state index contributed by atoms with van der Waals surface area (Å²) < 4.78 is 5.78. The first kappa shape index (κ1) is 11.8. The lowest BCUT2D eigenvalue weighted by Crippen LogP contribution is -2.18. The molecule has 0 heterocycles. The molecule has 1 aliphatic rings. The number of ether oxygens (including phenoxy) is 1. The molecule has 0 bridgehead atoms. The van der Waals surface area contributed by atoms with Gasteiger partial charge >= 0.3 is 0 Å². The fourth-order valence-electron chi connectivity index (χ4n) is 2.03. The number of hydrogen-bond acceptors (Lipinski definition) is 3. The van der Waals surface area contributed by atoms with E-state index in [1.165, 1.54) is 0 Å². The minimum atomic E-state index is -0.149. The molecular weight excluding hydrogens is 236 g/mol. The molecule has 0 atom stereocenters. The predicted molar refractivity (Wildman–Crippen MR) is 72.8 cm³/mol. The van der Waals surface area contributed by atoms with E-state index in [1.807, 2.05) is 24.3 Å². The van der Waals surface area contributed by atoms with Gasteiger partial charge in [0.1, 0.15) is 11.5 Å². The SMILES string of the molecule is N#Cc1ccc(Oc2cccc(C3(N)CC3)c2)cc1. The highest BCUT2D eigenvalue weighted by Gasteiger charge is 2.40. The van der Waals surface area contributed by atoms with Gasteiger partial charge in [-0.3, -0.25) is 0 Å². The molecule has 2 N–H and O–H groups in total. The van der Waals surface area contributed by atoms with Crippen LogP contribution < -0.4 is 10.5 Å². The Balaban J connectivity index is 1.81. The van der Waals surface area contributed by atoms with Crippen LogP contribution >= 0.6 is 0 Å². The number of nitrogens with zero attached hydrogens (tertiary/aromatic N) is 1. The molecule has 0 aliphatic heterocycles. The van der Waals surface area contributed by atoms with Gasteiger partial charge in [-0.2, -0.15) is 5.26 Å². The maximum atomic E-state index is 8.75. The summed E-state index contributed by atoms with van der Waals surface area (Å²) in [4.78, 5) is 0. The third kappa shape index (κ3) is 2.44. The van der Waals surface area contributed by atoms with Gasteiger partial charge in [-0.15, -0.1) is 0 Å². The van der Waals surface area contributed by atoms with E-state index in [-0.39, 0.29) is 5.54 Å². The molecule has 3 nitrogen and oxygen atoms in total. The van der Waals surface area contributed by atoms with Crippen LogP contribution in [0.1, 0.15) is 24.0 Å². The average molecular weight is 250 g/mol. The van der Waals surface area contributed by atoms with E-state index >= 15 is 0 Å². The van der Waals surface area contributed by atoms with Gasteiger partial charge in [0.05, 0.1) is 11.6 Å². The molecule has 3 heteroatoms. The number of nitrogens with two attached hydrogens (primary N) is 1. The molecule has 0 spiro atoms. The molecule has 0 radical (unpaired) electrons. The van der Waals surface area contributed by atoms with Crippen LogP contribution in [-0.2, 0) is 5.54 Å². The highest BCUT2D eigenvalue weighted by molar-refractivity contribution is 5.40. The van der Waals surface area contributed by atoms with Gasteiger partial charge in [-0.1, -0.05) is 12.1 Å². The zero-order valence-electron chi connectivity index (χ0n) is 10.5. The van der Waals surface area contributed by atoms with Crippen molar-refractivity contribution in [3.8, 4) is 17.6 Å². The maximum absolute atomic E-state index is 8.75. The van der Waals surface area contributed by atoms with Crippen LogP contribution in [0, 0.1) is 11.3 Å². The Morgan fingerprint density at radius 2 is 1.79 bits per heavy atom. The molecule has 1 saturated carbocycles.